The van der Waals surface area contributed by atoms with E-state index in [9.17, 15) is 4.79 Å². The van der Waals surface area contributed by atoms with Crippen LogP contribution in [0.25, 0.3) is 0 Å². The number of benzene rings is 1. The second kappa shape index (κ2) is 6.27. The average molecular weight is 275 g/mol. The van der Waals surface area contributed by atoms with Crippen LogP contribution >= 0.6 is 0 Å². The molecule has 1 N–H and O–H groups in total. The lowest BCUT2D eigenvalue weighted by molar-refractivity contribution is 0.0528. The summed E-state index contributed by atoms with van der Waals surface area (Å²) in [5.74, 6) is 0.151. The number of piperazine rings is 1. The number of aryl methyl sites for hydroxylation is 1. The molecular weight excluding hydrogens is 250 g/mol. The lowest BCUT2D eigenvalue weighted by Crippen LogP contribution is -2.53. The maximum atomic E-state index is 12.6. The zero-order valence-corrected chi connectivity index (χ0v) is 12.9. The third-order valence-electron chi connectivity index (χ3n) is 4.20. The van der Waals surface area contributed by atoms with Gasteiger partial charge in [-0.05, 0) is 44.2 Å². The Balaban J connectivity index is 2.10. The van der Waals surface area contributed by atoms with Gasteiger partial charge in [0.2, 0.25) is 0 Å². The highest BCUT2D eigenvalue weighted by molar-refractivity contribution is 5.95. The molecule has 0 radical (unpaired) electrons. The van der Waals surface area contributed by atoms with Gasteiger partial charge in [-0.2, -0.15) is 0 Å². The number of amides is 1. The van der Waals surface area contributed by atoms with Gasteiger partial charge < -0.3 is 10.2 Å². The summed E-state index contributed by atoms with van der Waals surface area (Å²) in [5, 5.41) is 3.13. The number of anilines is 1. The van der Waals surface area contributed by atoms with Crippen LogP contribution in [-0.2, 0) is 0 Å². The van der Waals surface area contributed by atoms with Crippen molar-refractivity contribution in [2.75, 3.05) is 38.5 Å². The average Bonchev–Trinajstić information content (AvgIpc) is 2.46. The number of likely N-dealkylation sites (N-methyl/N-ethyl adjacent to an activating group) is 1. The van der Waals surface area contributed by atoms with Crippen LogP contribution in [0.4, 0.5) is 5.69 Å². The molecule has 1 aliphatic heterocycles. The normalized spacial score (nSPS) is 20.0. The number of hydrogen-bond acceptors (Lipinski definition) is 3. The Kier molecular flexibility index (Phi) is 4.65. The molecule has 2 rings (SSSR count). The van der Waals surface area contributed by atoms with Crippen LogP contribution in [-0.4, -0.2) is 55.0 Å². The van der Waals surface area contributed by atoms with Crippen LogP contribution in [0.1, 0.15) is 29.8 Å². The van der Waals surface area contributed by atoms with Gasteiger partial charge in [0, 0.05) is 44.0 Å². The van der Waals surface area contributed by atoms with Gasteiger partial charge in [-0.1, -0.05) is 6.92 Å². The van der Waals surface area contributed by atoms with Crippen LogP contribution < -0.4 is 5.32 Å². The van der Waals surface area contributed by atoms with Crippen molar-refractivity contribution >= 4 is 11.6 Å². The lowest BCUT2D eigenvalue weighted by Gasteiger charge is -2.39. The van der Waals surface area contributed by atoms with Gasteiger partial charge in [0.1, 0.15) is 0 Å². The molecule has 4 heteroatoms. The van der Waals surface area contributed by atoms with E-state index in [2.05, 4.69) is 24.1 Å². The fraction of sp³-hybridized carbons (Fsp3) is 0.562. The summed E-state index contributed by atoms with van der Waals surface area (Å²) < 4.78 is 0. The molecule has 1 aliphatic rings. The standard InChI is InChI=1S/C16H25N3O/c1-5-18-8-9-19(11-13(18)3)16(20)14-6-7-15(17-4)12(2)10-14/h6-7,10,13,17H,5,8-9,11H2,1-4H3. The molecule has 0 aliphatic carbocycles. The first-order valence-corrected chi connectivity index (χ1v) is 7.38. The Bertz CT molecular complexity index is 487. The van der Waals surface area contributed by atoms with E-state index in [1.54, 1.807) is 0 Å². The fourth-order valence-corrected chi connectivity index (χ4v) is 2.91. The maximum Gasteiger partial charge on any atom is 0.253 e. The first-order chi connectivity index (χ1) is 9.56. The van der Waals surface area contributed by atoms with Crippen molar-refractivity contribution in [2.24, 2.45) is 0 Å². The molecule has 0 aromatic heterocycles. The predicted octanol–water partition coefficient (Wildman–Crippen LogP) is 2.20. The van der Waals surface area contributed by atoms with Gasteiger partial charge in [0.25, 0.3) is 5.91 Å². The van der Waals surface area contributed by atoms with Crippen LogP contribution in [0.15, 0.2) is 18.2 Å². The SMILES string of the molecule is CCN1CCN(C(=O)c2ccc(NC)c(C)c2)CC1C. The number of hydrogen-bond donors (Lipinski definition) is 1. The predicted molar refractivity (Wildman–Crippen MR) is 83.3 cm³/mol. The maximum absolute atomic E-state index is 12.6. The molecule has 1 amide bonds. The summed E-state index contributed by atoms with van der Waals surface area (Å²) >= 11 is 0. The van der Waals surface area contributed by atoms with E-state index < -0.39 is 0 Å². The van der Waals surface area contributed by atoms with Crippen molar-refractivity contribution in [3.63, 3.8) is 0 Å². The van der Waals surface area contributed by atoms with Crippen molar-refractivity contribution in [1.29, 1.82) is 0 Å². The number of nitrogens with zero attached hydrogens (tertiary/aromatic N) is 2. The molecule has 0 spiro atoms. The van der Waals surface area contributed by atoms with E-state index >= 15 is 0 Å². The molecule has 1 fully saturated rings. The second-order valence-electron chi connectivity index (χ2n) is 5.51. The zero-order chi connectivity index (χ0) is 14.7. The summed E-state index contributed by atoms with van der Waals surface area (Å²) in [5.41, 5.74) is 2.97. The molecule has 1 unspecified atom stereocenters. The van der Waals surface area contributed by atoms with Gasteiger partial charge in [-0.15, -0.1) is 0 Å². The minimum atomic E-state index is 0.151. The van der Waals surface area contributed by atoms with Gasteiger partial charge in [0.05, 0.1) is 0 Å². The van der Waals surface area contributed by atoms with E-state index in [-0.39, 0.29) is 5.91 Å². The summed E-state index contributed by atoms with van der Waals surface area (Å²) in [6, 6.07) is 6.31. The summed E-state index contributed by atoms with van der Waals surface area (Å²) in [7, 11) is 1.90. The van der Waals surface area contributed by atoms with E-state index in [0.717, 1.165) is 43.0 Å². The largest absolute Gasteiger partial charge is 0.388 e. The third kappa shape index (κ3) is 2.96. The van der Waals surface area contributed by atoms with Crippen LogP contribution in [0.5, 0.6) is 0 Å². The molecule has 20 heavy (non-hydrogen) atoms. The van der Waals surface area contributed by atoms with Gasteiger partial charge in [-0.25, -0.2) is 0 Å². The first-order valence-electron chi connectivity index (χ1n) is 7.38. The molecule has 110 valence electrons. The van der Waals surface area contributed by atoms with Crippen LogP contribution in [0.3, 0.4) is 0 Å². The molecule has 1 saturated heterocycles. The Morgan fingerprint density at radius 3 is 2.70 bits per heavy atom. The van der Waals surface area contributed by atoms with Gasteiger partial charge in [0.15, 0.2) is 0 Å². The Morgan fingerprint density at radius 2 is 2.15 bits per heavy atom. The zero-order valence-electron chi connectivity index (χ0n) is 12.9. The molecule has 1 aromatic rings. The summed E-state index contributed by atoms with van der Waals surface area (Å²) in [6.07, 6.45) is 0. The first kappa shape index (κ1) is 14.9. The second-order valence-corrected chi connectivity index (χ2v) is 5.51. The van der Waals surface area contributed by atoms with Crippen LogP contribution in [0, 0.1) is 6.92 Å². The highest BCUT2D eigenvalue weighted by Gasteiger charge is 2.26. The molecular formula is C16H25N3O. The summed E-state index contributed by atoms with van der Waals surface area (Å²) in [6.45, 7) is 10.1. The van der Waals surface area contributed by atoms with E-state index in [1.165, 1.54) is 0 Å². The summed E-state index contributed by atoms with van der Waals surface area (Å²) in [4.78, 5) is 17.0. The van der Waals surface area contributed by atoms with E-state index in [0.29, 0.717) is 6.04 Å². The molecule has 1 aromatic carbocycles. The molecule has 0 bridgehead atoms. The van der Waals surface area contributed by atoms with Gasteiger partial charge >= 0.3 is 0 Å². The molecule has 1 atom stereocenters. The minimum absolute atomic E-state index is 0.151. The van der Waals surface area contributed by atoms with Crippen molar-refractivity contribution in [3.05, 3.63) is 29.3 Å². The Labute approximate surface area is 121 Å². The molecule has 4 nitrogen and oxygen atoms in total. The number of carbonyl (C=O) groups is 1. The van der Waals surface area contributed by atoms with E-state index in [1.807, 2.05) is 37.1 Å². The van der Waals surface area contributed by atoms with E-state index in [4.69, 9.17) is 0 Å². The minimum Gasteiger partial charge on any atom is -0.388 e. The topological polar surface area (TPSA) is 35.6 Å². The Hall–Kier alpha value is -1.55. The van der Waals surface area contributed by atoms with Crippen LogP contribution in [0.2, 0.25) is 0 Å². The Morgan fingerprint density at radius 1 is 1.40 bits per heavy atom. The number of rotatable bonds is 3. The highest BCUT2D eigenvalue weighted by Crippen LogP contribution is 2.18. The monoisotopic (exact) mass is 275 g/mol. The van der Waals surface area contributed by atoms with Crippen molar-refractivity contribution in [1.82, 2.24) is 9.80 Å². The smallest absolute Gasteiger partial charge is 0.253 e. The van der Waals surface area contributed by atoms with Crippen molar-refractivity contribution in [3.8, 4) is 0 Å². The van der Waals surface area contributed by atoms with Crippen molar-refractivity contribution < 1.29 is 4.79 Å². The molecule has 0 saturated carbocycles. The number of carbonyl (C=O) groups excluding carboxylic acids is 1. The molecule has 1 heterocycles. The quantitative estimate of drug-likeness (QED) is 0.918. The number of nitrogens with one attached hydrogen (secondary N) is 1. The fourth-order valence-electron chi connectivity index (χ4n) is 2.91. The highest BCUT2D eigenvalue weighted by atomic mass is 16.2. The third-order valence-corrected chi connectivity index (χ3v) is 4.20. The van der Waals surface area contributed by atoms with Crippen molar-refractivity contribution in [2.45, 2.75) is 26.8 Å². The van der Waals surface area contributed by atoms with Gasteiger partial charge in [-0.3, -0.25) is 9.69 Å². The lowest BCUT2D eigenvalue weighted by atomic mass is 10.1.